The number of hydrogen-bond acceptors (Lipinski definition) is 5. The van der Waals surface area contributed by atoms with Crippen molar-refractivity contribution in [3.63, 3.8) is 0 Å². The zero-order valence-electron chi connectivity index (χ0n) is 19.0. The van der Waals surface area contributed by atoms with Gasteiger partial charge in [-0.25, -0.2) is 0 Å². The summed E-state index contributed by atoms with van der Waals surface area (Å²) in [7, 11) is 0. The van der Waals surface area contributed by atoms with Gasteiger partial charge in [-0.1, -0.05) is 48.9 Å². The first-order chi connectivity index (χ1) is 15.2. The van der Waals surface area contributed by atoms with Gasteiger partial charge in [0, 0.05) is 30.5 Å². The van der Waals surface area contributed by atoms with Gasteiger partial charge in [0.1, 0.15) is 6.04 Å². The van der Waals surface area contributed by atoms with Crippen LogP contribution in [0.15, 0.2) is 48.5 Å². The number of nitro groups is 1. The SMILES string of the molecule is CCC(C(=O)NC(C)C)N(Cc1cccc(C)c1)C(=O)CSCc1ccc([N+](=O)[O-])cc1. The number of nitrogens with zero attached hydrogens (tertiary/aromatic N) is 2. The lowest BCUT2D eigenvalue weighted by molar-refractivity contribution is -0.384. The molecule has 0 saturated heterocycles. The van der Waals surface area contributed by atoms with Crippen molar-refractivity contribution in [2.45, 2.75) is 58.5 Å². The molecule has 0 spiro atoms. The van der Waals surface area contributed by atoms with Crippen molar-refractivity contribution < 1.29 is 14.5 Å². The van der Waals surface area contributed by atoms with Crippen molar-refractivity contribution in [3.8, 4) is 0 Å². The monoisotopic (exact) mass is 457 g/mol. The zero-order valence-corrected chi connectivity index (χ0v) is 19.9. The number of carbonyl (C=O) groups excluding carboxylic acids is 2. The Morgan fingerprint density at radius 2 is 1.81 bits per heavy atom. The van der Waals surface area contributed by atoms with Gasteiger partial charge in [-0.15, -0.1) is 11.8 Å². The summed E-state index contributed by atoms with van der Waals surface area (Å²) in [5, 5.41) is 13.7. The lowest BCUT2D eigenvalue weighted by Crippen LogP contribution is -2.50. The number of carbonyl (C=O) groups is 2. The highest BCUT2D eigenvalue weighted by Gasteiger charge is 2.28. The molecule has 0 heterocycles. The Bertz CT molecular complexity index is 931. The summed E-state index contributed by atoms with van der Waals surface area (Å²) in [6.07, 6.45) is 0.517. The predicted octanol–water partition coefficient (Wildman–Crippen LogP) is 4.47. The van der Waals surface area contributed by atoms with Gasteiger partial charge in [0.25, 0.3) is 5.69 Å². The van der Waals surface area contributed by atoms with Crippen LogP contribution in [-0.4, -0.2) is 39.5 Å². The lowest BCUT2D eigenvalue weighted by atomic mass is 10.1. The Balaban J connectivity index is 2.11. The Morgan fingerprint density at radius 3 is 2.38 bits per heavy atom. The fourth-order valence-electron chi connectivity index (χ4n) is 3.36. The van der Waals surface area contributed by atoms with Crippen LogP contribution in [0, 0.1) is 17.0 Å². The summed E-state index contributed by atoms with van der Waals surface area (Å²) >= 11 is 1.43. The Hall–Kier alpha value is -2.87. The van der Waals surface area contributed by atoms with E-state index in [1.807, 2.05) is 52.0 Å². The van der Waals surface area contributed by atoms with Crippen LogP contribution < -0.4 is 5.32 Å². The van der Waals surface area contributed by atoms with E-state index in [9.17, 15) is 19.7 Å². The van der Waals surface area contributed by atoms with Crippen LogP contribution in [0.4, 0.5) is 5.69 Å². The molecule has 8 heteroatoms. The fraction of sp³-hybridized carbons (Fsp3) is 0.417. The van der Waals surface area contributed by atoms with E-state index in [0.717, 1.165) is 16.7 Å². The highest BCUT2D eigenvalue weighted by molar-refractivity contribution is 7.99. The maximum absolute atomic E-state index is 13.2. The van der Waals surface area contributed by atoms with Crippen molar-refractivity contribution in [2.24, 2.45) is 0 Å². The van der Waals surface area contributed by atoms with Crippen LogP contribution in [-0.2, 0) is 21.9 Å². The van der Waals surface area contributed by atoms with E-state index in [1.54, 1.807) is 17.0 Å². The number of non-ortho nitro benzene ring substituents is 1. The van der Waals surface area contributed by atoms with Gasteiger partial charge in [-0.2, -0.15) is 0 Å². The Kier molecular flexibility index (Phi) is 9.71. The lowest BCUT2D eigenvalue weighted by Gasteiger charge is -2.31. The molecule has 0 fully saturated rings. The minimum atomic E-state index is -0.551. The molecule has 0 aliphatic heterocycles. The van der Waals surface area contributed by atoms with Crippen molar-refractivity contribution in [3.05, 3.63) is 75.3 Å². The molecule has 1 N–H and O–H groups in total. The maximum Gasteiger partial charge on any atom is 0.269 e. The third kappa shape index (κ3) is 7.67. The minimum Gasteiger partial charge on any atom is -0.352 e. The van der Waals surface area contributed by atoms with E-state index in [-0.39, 0.29) is 29.3 Å². The third-order valence-corrected chi connectivity index (χ3v) is 5.88. The standard InChI is InChI=1S/C24H31N3O4S/c1-5-22(24(29)25-17(2)3)26(14-20-8-6-7-18(4)13-20)23(28)16-32-15-19-9-11-21(12-10-19)27(30)31/h6-13,17,22H,5,14-16H2,1-4H3,(H,25,29). The molecule has 0 bridgehead atoms. The van der Waals surface area contributed by atoms with Gasteiger partial charge in [-0.05, 0) is 38.3 Å². The van der Waals surface area contributed by atoms with Crippen molar-refractivity contribution in [1.29, 1.82) is 0 Å². The molecular weight excluding hydrogens is 426 g/mol. The highest BCUT2D eigenvalue weighted by atomic mass is 32.2. The summed E-state index contributed by atoms with van der Waals surface area (Å²) in [6.45, 7) is 8.07. The molecule has 0 radical (unpaired) electrons. The van der Waals surface area contributed by atoms with Crippen molar-refractivity contribution in [2.75, 3.05) is 5.75 Å². The fourth-order valence-corrected chi connectivity index (χ4v) is 4.23. The Morgan fingerprint density at radius 1 is 1.12 bits per heavy atom. The maximum atomic E-state index is 13.2. The number of hydrogen-bond donors (Lipinski definition) is 1. The molecule has 7 nitrogen and oxygen atoms in total. The molecule has 32 heavy (non-hydrogen) atoms. The normalized spacial score (nSPS) is 11.8. The molecule has 0 saturated carbocycles. The molecule has 0 aliphatic carbocycles. The van der Waals surface area contributed by atoms with Crippen molar-refractivity contribution >= 4 is 29.3 Å². The molecule has 2 amide bonds. The van der Waals surface area contributed by atoms with Crippen LogP contribution in [0.5, 0.6) is 0 Å². The second kappa shape index (κ2) is 12.2. The van der Waals surface area contributed by atoms with Crippen LogP contribution >= 0.6 is 11.8 Å². The predicted molar refractivity (Wildman–Crippen MR) is 128 cm³/mol. The molecule has 0 aromatic heterocycles. The van der Waals surface area contributed by atoms with Gasteiger partial charge in [0.2, 0.25) is 11.8 Å². The second-order valence-electron chi connectivity index (χ2n) is 8.01. The Labute approximate surface area is 193 Å². The van der Waals surface area contributed by atoms with Crippen LogP contribution in [0.1, 0.15) is 43.9 Å². The van der Waals surface area contributed by atoms with Crippen molar-refractivity contribution in [1.82, 2.24) is 10.2 Å². The number of nitrogens with one attached hydrogen (secondary N) is 1. The highest BCUT2D eigenvalue weighted by Crippen LogP contribution is 2.19. The smallest absolute Gasteiger partial charge is 0.269 e. The first-order valence-corrected chi connectivity index (χ1v) is 11.8. The molecule has 172 valence electrons. The zero-order chi connectivity index (χ0) is 23.7. The van der Waals surface area contributed by atoms with Crippen LogP contribution in [0.2, 0.25) is 0 Å². The van der Waals surface area contributed by atoms with E-state index >= 15 is 0 Å². The molecule has 2 rings (SSSR count). The van der Waals surface area contributed by atoms with E-state index in [4.69, 9.17) is 0 Å². The molecular formula is C24H31N3O4S. The quantitative estimate of drug-likeness (QED) is 0.397. The summed E-state index contributed by atoms with van der Waals surface area (Å²) < 4.78 is 0. The van der Waals surface area contributed by atoms with E-state index in [0.29, 0.717) is 18.7 Å². The summed E-state index contributed by atoms with van der Waals surface area (Å²) in [5.74, 6) is 0.513. The second-order valence-corrected chi connectivity index (χ2v) is 9.00. The number of thioether (sulfide) groups is 1. The van der Waals surface area contributed by atoms with E-state index in [1.165, 1.54) is 23.9 Å². The van der Waals surface area contributed by atoms with E-state index in [2.05, 4.69) is 5.32 Å². The van der Waals surface area contributed by atoms with Gasteiger partial charge in [0.05, 0.1) is 10.7 Å². The first kappa shape index (κ1) is 25.4. The average Bonchev–Trinajstić information content (AvgIpc) is 2.73. The number of nitro benzene ring substituents is 1. The summed E-state index contributed by atoms with van der Waals surface area (Å²) in [5.41, 5.74) is 3.03. The minimum absolute atomic E-state index is 0.0102. The summed E-state index contributed by atoms with van der Waals surface area (Å²) in [6, 6.07) is 13.7. The first-order valence-electron chi connectivity index (χ1n) is 10.7. The topological polar surface area (TPSA) is 92.6 Å². The third-order valence-electron chi connectivity index (χ3n) is 4.89. The van der Waals surface area contributed by atoms with Gasteiger partial charge < -0.3 is 10.2 Å². The molecule has 1 atom stereocenters. The average molecular weight is 458 g/mol. The molecule has 2 aromatic carbocycles. The van der Waals surface area contributed by atoms with Gasteiger partial charge in [-0.3, -0.25) is 19.7 Å². The largest absolute Gasteiger partial charge is 0.352 e. The number of amides is 2. The van der Waals surface area contributed by atoms with Gasteiger partial charge in [0.15, 0.2) is 0 Å². The van der Waals surface area contributed by atoms with E-state index < -0.39 is 11.0 Å². The number of benzene rings is 2. The molecule has 0 aliphatic rings. The van der Waals surface area contributed by atoms with Crippen LogP contribution in [0.3, 0.4) is 0 Å². The van der Waals surface area contributed by atoms with Crippen LogP contribution in [0.25, 0.3) is 0 Å². The molecule has 1 unspecified atom stereocenters. The summed E-state index contributed by atoms with van der Waals surface area (Å²) in [4.78, 5) is 38.0. The number of rotatable bonds is 11. The molecule has 2 aromatic rings. The van der Waals surface area contributed by atoms with Gasteiger partial charge >= 0.3 is 0 Å². The number of aryl methyl sites for hydroxylation is 1.